The maximum atomic E-state index is 6.86. The van der Waals surface area contributed by atoms with Crippen LogP contribution in [0.15, 0.2) is 312 Å². The fourth-order valence-electron chi connectivity index (χ4n) is 15.6. The third-order valence-corrected chi connectivity index (χ3v) is 19.1. The van der Waals surface area contributed by atoms with Crippen molar-refractivity contribution in [3.63, 3.8) is 0 Å². The van der Waals surface area contributed by atoms with Crippen LogP contribution in [-0.2, 0) is 0 Å². The van der Waals surface area contributed by atoms with Crippen molar-refractivity contribution in [3.05, 3.63) is 303 Å². The molecule has 6 heterocycles. The number of anilines is 6. The molecule has 0 aliphatic carbocycles. The van der Waals surface area contributed by atoms with Crippen LogP contribution in [0.4, 0.5) is 34.1 Å². The van der Waals surface area contributed by atoms with Crippen molar-refractivity contribution in [2.75, 3.05) is 9.80 Å². The topological polar surface area (TPSA) is 41.6 Å². The van der Waals surface area contributed by atoms with Crippen molar-refractivity contribution >= 4 is 154 Å². The molecule has 0 aliphatic heterocycles. The van der Waals surface area contributed by atoms with E-state index in [4.69, 9.17) is 8.83 Å². The molecule has 0 unspecified atom stereocenters. The number of aromatic nitrogens is 2. The number of rotatable bonds is 9. The molecule has 6 heteroatoms. The third kappa shape index (κ3) is 6.71. The summed E-state index contributed by atoms with van der Waals surface area (Å²) in [5, 5.41) is 14.1. The standard InChI is InChI=1S/C84H50N4O2/c1-5-23-52(24-6-1)73-78-65-39-18-37-63-76-67(86(55-29-11-4-12-30-55)70-44-21-35-61-59-32-14-16-46-72(59)90-84(61)70)41-22-42-68(76)88(80(63)65)82(78)74(53-25-7-2-8-26-53)77-64-38-17-36-62-75-57(33-19-40-66(75)87(79(62)64)81(73)77)51-47-49-56(50-48-51)85(54-27-9-3-10-28-54)69-43-20-34-60-58-31-13-15-45-71(58)89-83(60)69/h1-50H. The summed E-state index contributed by atoms with van der Waals surface area (Å²) in [6.45, 7) is 0. The van der Waals surface area contributed by atoms with Gasteiger partial charge in [-0.25, -0.2) is 0 Å². The summed E-state index contributed by atoms with van der Waals surface area (Å²) >= 11 is 0. The highest BCUT2D eigenvalue weighted by molar-refractivity contribution is 6.39. The lowest BCUT2D eigenvalue weighted by atomic mass is 9.89. The average Bonchev–Trinajstić information content (AvgIpc) is 1.51. The second-order valence-corrected chi connectivity index (χ2v) is 23.8. The molecule has 6 aromatic heterocycles. The molecule has 0 saturated heterocycles. The summed E-state index contributed by atoms with van der Waals surface area (Å²) in [5.74, 6) is 0. The highest BCUT2D eigenvalue weighted by atomic mass is 16.3. The molecule has 0 aliphatic rings. The summed E-state index contributed by atoms with van der Waals surface area (Å²) in [7, 11) is 0. The van der Waals surface area contributed by atoms with Gasteiger partial charge in [-0.2, -0.15) is 0 Å². The van der Waals surface area contributed by atoms with Crippen LogP contribution in [0.5, 0.6) is 0 Å². The van der Waals surface area contributed by atoms with E-state index in [9.17, 15) is 0 Å². The molecule has 0 amide bonds. The molecule has 0 spiro atoms. The Morgan fingerprint density at radius 3 is 1.16 bits per heavy atom. The van der Waals surface area contributed by atoms with E-state index in [1.807, 2.05) is 12.1 Å². The zero-order valence-electron chi connectivity index (χ0n) is 48.5. The molecule has 20 aromatic rings. The number of hydrogen-bond acceptors (Lipinski definition) is 4. The van der Waals surface area contributed by atoms with E-state index in [1.54, 1.807) is 0 Å². The van der Waals surface area contributed by atoms with Crippen molar-refractivity contribution < 1.29 is 8.83 Å². The average molecular weight is 1150 g/mol. The smallest absolute Gasteiger partial charge is 0.159 e. The minimum Gasteiger partial charge on any atom is -0.454 e. The van der Waals surface area contributed by atoms with Crippen molar-refractivity contribution in [2.24, 2.45) is 0 Å². The monoisotopic (exact) mass is 1150 g/mol. The number of nitrogens with zero attached hydrogens (tertiary/aromatic N) is 4. The van der Waals surface area contributed by atoms with Crippen molar-refractivity contribution in [2.45, 2.75) is 0 Å². The molecule has 0 saturated carbocycles. The largest absolute Gasteiger partial charge is 0.454 e. The van der Waals surface area contributed by atoms with E-state index in [0.29, 0.717) is 0 Å². The van der Waals surface area contributed by atoms with Gasteiger partial charge in [0, 0.05) is 92.8 Å². The maximum absolute atomic E-state index is 6.86. The van der Waals surface area contributed by atoms with E-state index >= 15 is 0 Å². The van der Waals surface area contributed by atoms with Gasteiger partial charge in [0.15, 0.2) is 11.2 Å². The first-order chi connectivity index (χ1) is 44.7. The minimum atomic E-state index is 0.853. The summed E-state index contributed by atoms with van der Waals surface area (Å²) in [6.07, 6.45) is 0. The quantitative estimate of drug-likeness (QED) is 0.144. The molecule has 20 rings (SSSR count). The predicted octanol–water partition coefficient (Wildman–Crippen LogP) is 23.7. The molecule has 0 N–H and O–H groups in total. The molecule has 6 nitrogen and oxygen atoms in total. The van der Waals surface area contributed by atoms with Crippen LogP contribution in [0.3, 0.4) is 0 Å². The van der Waals surface area contributed by atoms with Crippen LogP contribution in [0.2, 0.25) is 0 Å². The van der Waals surface area contributed by atoms with E-state index in [0.717, 1.165) is 89.1 Å². The van der Waals surface area contributed by atoms with Crippen LogP contribution in [0.1, 0.15) is 0 Å². The lowest BCUT2D eigenvalue weighted by Crippen LogP contribution is -2.10. The van der Waals surface area contributed by atoms with Gasteiger partial charge in [-0.15, -0.1) is 0 Å². The van der Waals surface area contributed by atoms with Gasteiger partial charge in [0.1, 0.15) is 11.2 Å². The van der Waals surface area contributed by atoms with Gasteiger partial charge in [0.2, 0.25) is 0 Å². The molecule has 0 radical (unpaired) electrons. The Bertz CT molecular complexity index is 6260. The van der Waals surface area contributed by atoms with Crippen molar-refractivity contribution in [1.82, 2.24) is 8.80 Å². The Balaban J connectivity index is 0.858. The molecule has 418 valence electrons. The summed E-state index contributed by atoms with van der Waals surface area (Å²) in [4.78, 5) is 4.73. The van der Waals surface area contributed by atoms with Gasteiger partial charge in [0.25, 0.3) is 0 Å². The zero-order chi connectivity index (χ0) is 58.7. The van der Waals surface area contributed by atoms with Gasteiger partial charge in [-0.05, 0) is 101 Å². The number of fused-ring (bicyclic) bond motifs is 18. The number of benzene rings is 14. The van der Waals surface area contributed by atoms with Gasteiger partial charge in [-0.1, -0.05) is 224 Å². The summed E-state index contributed by atoms with van der Waals surface area (Å²) in [6, 6.07) is 110. The molecule has 14 aromatic carbocycles. The van der Waals surface area contributed by atoms with Gasteiger partial charge in [0.05, 0.1) is 50.2 Å². The van der Waals surface area contributed by atoms with Crippen molar-refractivity contribution in [3.8, 4) is 33.4 Å². The van der Waals surface area contributed by atoms with Crippen LogP contribution >= 0.6 is 0 Å². The Morgan fingerprint density at radius 2 is 0.611 bits per heavy atom. The van der Waals surface area contributed by atoms with Crippen LogP contribution in [0, 0.1) is 0 Å². The maximum Gasteiger partial charge on any atom is 0.159 e. The zero-order valence-corrected chi connectivity index (χ0v) is 48.5. The Morgan fingerprint density at radius 1 is 0.233 bits per heavy atom. The first-order valence-corrected chi connectivity index (χ1v) is 30.8. The Kier molecular flexibility index (Phi) is 10.2. The fourth-order valence-corrected chi connectivity index (χ4v) is 15.6. The van der Waals surface area contributed by atoms with Crippen LogP contribution < -0.4 is 9.80 Å². The second-order valence-electron chi connectivity index (χ2n) is 23.8. The number of hydrogen-bond donors (Lipinski definition) is 0. The molecule has 0 atom stereocenters. The highest BCUT2D eigenvalue weighted by Crippen LogP contribution is 2.56. The number of furan rings is 2. The third-order valence-electron chi connectivity index (χ3n) is 19.1. The predicted molar refractivity (Wildman–Crippen MR) is 376 cm³/mol. The van der Waals surface area contributed by atoms with Gasteiger partial charge >= 0.3 is 0 Å². The summed E-state index contributed by atoms with van der Waals surface area (Å²) in [5.41, 5.74) is 23.9. The van der Waals surface area contributed by atoms with E-state index < -0.39 is 0 Å². The van der Waals surface area contributed by atoms with E-state index in [1.165, 1.54) is 98.5 Å². The molecule has 0 bridgehead atoms. The fraction of sp³-hybridized carbons (Fsp3) is 0. The number of para-hydroxylation sites is 8. The van der Waals surface area contributed by atoms with Gasteiger partial charge < -0.3 is 27.4 Å². The lowest BCUT2D eigenvalue weighted by molar-refractivity contribution is 0.668. The van der Waals surface area contributed by atoms with E-state index in [-0.39, 0.29) is 0 Å². The molecule has 0 fully saturated rings. The van der Waals surface area contributed by atoms with Crippen LogP contribution in [-0.4, -0.2) is 8.80 Å². The lowest BCUT2D eigenvalue weighted by Gasteiger charge is -2.26. The highest BCUT2D eigenvalue weighted by Gasteiger charge is 2.33. The Hall–Kier alpha value is -12.1. The first-order valence-electron chi connectivity index (χ1n) is 30.8. The summed E-state index contributed by atoms with van der Waals surface area (Å²) < 4.78 is 18.8. The molecular weight excluding hydrogens is 1100 g/mol. The SMILES string of the molecule is c1ccc(-c2c3c4cccc5c6c(-c7ccc(N(c8ccccc8)c8cccc9c8oc8ccccc89)cc7)cccc6n(c3c(-c3ccccc3)c3c6cccc7c8c(N(c9ccccc9)c9cccc%10c9oc9ccccc9%10)cccc8n(c23)c76)c54)cc1. The Labute approximate surface area is 515 Å². The van der Waals surface area contributed by atoms with Crippen LogP contribution in [0.25, 0.3) is 153 Å². The molecular formula is C84H50N4O2. The minimum absolute atomic E-state index is 0.853. The molecule has 90 heavy (non-hydrogen) atoms. The second kappa shape index (κ2) is 18.7. The van der Waals surface area contributed by atoms with Gasteiger partial charge in [-0.3, -0.25) is 0 Å². The normalized spacial score (nSPS) is 12.2. The first kappa shape index (κ1) is 49.0. The van der Waals surface area contributed by atoms with Crippen molar-refractivity contribution in [1.29, 1.82) is 0 Å². The van der Waals surface area contributed by atoms with E-state index in [2.05, 4.69) is 310 Å².